The van der Waals surface area contributed by atoms with Crippen molar-refractivity contribution in [2.75, 3.05) is 7.11 Å². The topological polar surface area (TPSA) is 59.7 Å². The zero-order chi connectivity index (χ0) is 17.3. The van der Waals surface area contributed by atoms with E-state index in [1.807, 2.05) is 38.1 Å². The van der Waals surface area contributed by atoms with E-state index < -0.39 is 11.4 Å². The molecule has 0 radical (unpaired) electrons. The Labute approximate surface area is 141 Å². The number of methoxy groups -OCH3 is 1. The number of hydrogen-bond donors (Lipinski definition) is 1. The molecule has 4 heteroatoms. The Balaban J connectivity index is 2.10. The minimum absolute atomic E-state index is 0.224. The summed E-state index contributed by atoms with van der Waals surface area (Å²) in [4.78, 5) is 11.7. The number of allylic oxidation sites excluding steroid dienone is 3. The van der Waals surface area contributed by atoms with Crippen LogP contribution in [0.2, 0.25) is 0 Å². The SMILES string of the molecule is COc1ccc(C(C)(C)c2cc3c(o2)C=CC=CC3)c(C(=O)O)c1. The Morgan fingerprint density at radius 3 is 2.75 bits per heavy atom. The van der Waals surface area contributed by atoms with Crippen LogP contribution < -0.4 is 4.74 Å². The highest BCUT2D eigenvalue weighted by Crippen LogP contribution is 2.38. The Morgan fingerprint density at radius 2 is 2.04 bits per heavy atom. The third kappa shape index (κ3) is 2.75. The monoisotopic (exact) mass is 324 g/mol. The lowest BCUT2D eigenvalue weighted by molar-refractivity contribution is 0.0694. The molecule has 0 saturated carbocycles. The molecule has 0 aliphatic heterocycles. The van der Waals surface area contributed by atoms with Crippen LogP contribution in [-0.4, -0.2) is 18.2 Å². The van der Waals surface area contributed by atoms with Gasteiger partial charge in [0.1, 0.15) is 17.3 Å². The van der Waals surface area contributed by atoms with Crippen molar-refractivity contribution in [3.8, 4) is 5.75 Å². The number of carboxylic acid groups (broad SMARTS) is 1. The Hall–Kier alpha value is -2.75. The van der Waals surface area contributed by atoms with Crippen molar-refractivity contribution >= 4 is 12.0 Å². The van der Waals surface area contributed by atoms with Gasteiger partial charge in [0.05, 0.1) is 12.7 Å². The Morgan fingerprint density at radius 1 is 1.25 bits per heavy atom. The number of rotatable bonds is 4. The number of benzene rings is 1. The fourth-order valence-corrected chi connectivity index (χ4v) is 2.97. The molecule has 0 spiro atoms. The van der Waals surface area contributed by atoms with E-state index in [9.17, 15) is 9.90 Å². The van der Waals surface area contributed by atoms with Crippen LogP contribution in [0, 0.1) is 0 Å². The fraction of sp³-hybridized carbons (Fsp3) is 0.250. The first-order chi connectivity index (χ1) is 11.4. The summed E-state index contributed by atoms with van der Waals surface area (Å²) in [5, 5.41) is 9.59. The molecule has 1 aliphatic rings. The van der Waals surface area contributed by atoms with Gasteiger partial charge >= 0.3 is 5.97 Å². The van der Waals surface area contributed by atoms with E-state index in [0.29, 0.717) is 11.3 Å². The van der Waals surface area contributed by atoms with Crippen molar-refractivity contribution < 1.29 is 19.1 Å². The standard InChI is InChI=1S/C20H20O4/c1-20(2,16-10-9-14(23-3)12-15(16)19(21)22)18-11-13-7-5-4-6-8-17(13)24-18/h4-6,8-12H,7H2,1-3H3,(H,21,22). The summed E-state index contributed by atoms with van der Waals surface area (Å²) >= 11 is 0. The molecule has 24 heavy (non-hydrogen) atoms. The highest BCUT2D eigenvalue weighted by atomic mass is 16.5. The number of ether oxygens (including phenoxy) is 1. The van der Waals surface area contributed by atoms with Gasteiger partial charge in [0.2, 0.25) is 0 Å². The lowest BCUT2D eigenvalue weighted by Crippen LogP contribution is -2.22. The van der Waals surface area contributed by atoms with Crippen LogP contribution >= 0.6 is 0 Å². The van der Waals surface area contributed by atoms with E-state index in [2.05, 4.69) is 6.08 Å². The average molecular weight is 324 g/mol. The molecular formula is C20H20O4. The summed E-state index contributed by atoms with van der Waals surface area (Å²) < 4.78 is 11.2. The van der Waals surface area contributed by atoms with Gasteiger partial charge in [-0.15, -0.1) is 0 Å². The predicted molar refractivity (Wildman–Crippen MR) is 92.7 cm³/mol. The van der Waals surface area contributed by atoms with Gasteiger partial charge in [-0.1, -0.05) is 24.3 Å². The third-order valence-corrected chi connectivity index (χ3v) is 4.42. The predicted octanol–water partition coefficient (Wildman–Crippen LogP) is 4.44. The van der Waals surface area contributed by atoms with Gasteiger partial charge in [0.15, 0.2) is 0 Å². The van der Waals surface area contributed by atoms with E-state index in [1.54, 1.807) is 18.2 Å². The number of furan rings is 1. The summed E-state index contributed by atoms with van der Waals surface area (Å²) in [5.41, 5.74) is 1.44. The summed E-state index contributed by atoms with van der Waals surface area (Å²) in [6.45, 7) is 3.94. The lowest BCUT2D eigenvalue weighted by atomic mass is 9.79. The van der Waals surface area contributed by atoms with Gasteiger partial charge in [0.25, 0.3) is 0 Å². The summed E-state index contributed by atoms with van der Waals surface area (Å²) in [6, 6.07) is 7.15. The number of fused-ring (bicyclic) bond motifs is 1. The van der Waals surface area contributed by atoms with Gasteiger partial charge in [-0.3, -0.25) is 0 Å². The molecule has 1 aromatic carbocycles. The van der Waals surface area contributed by atoms with Gasteiger partial charge in [0, 0.05) is 11.0 Å². The molecule has 4 nitrogen and oxygen atoms in total. The Bertz CT molecular complexity index is 837. The molecule has 1 N–H and O–H groups in total. The first kappa shape index (κ1) is 16.1. The molecule has 0 atom stereocenters. The molecule has 0 amide bonds. The largest absolute Gasteiger partial charge is 0.497 e. The highest BCUT2D eigenvalue weighted by Gasteiger charge is 2.32. The maximum Gasteiger partial charge on any atom is 0.336 e. The second-order valence-electron chi connectivity index (χ2n) is 6.33. The zero-order valence-corrected chi connectivity index (χ0v) is 14.0. The van der Waals surface area contributed by atoms with E-state index in [-0.39, 0.29) is 5.56 Å². The minimum Gasteiger partial charge on any atom is -0.497 e. The summed E-state index contributed by atoms with van der Waals surface area (Å²) in [5.74, 6) is 1.12. The van der Waals surface area contributed by atoms with Crippen LogP contribution in [0.25, 0.3) is 6.08 Å². The number of carbonyl (C=O) groups is 1. The molecule has 3 rings (SSSR count). The Kier molecular flexibility index (Phi) is 4.06. The maximum absolute atomic E-state index is 11.7. The third-order valence-electron chi connectivity index (χ3n) is 4.42. The smallest absolute Gasteiger partial charge is 0.336 e. The van der Waals surface area contributed by atoms with Gasteiger partial charge in [-0.05, 0) is 50.1 Å². The van der Waals surface area contributed by atoms with E-state index in [0.717, 1.165) is 23.5 Å². The van der Waals surface area contributed by atoms with Crippen molar-refractivity contribution in [2.24, 2.45) is 0 Å². The second kappa shape index (κ2) is 6.04. The van der Waals surface area contributed by atoms with Gasteiger partial charge in [-0.2, -0.15) is 0 Å². The second-order valence-corrected chi connectivity index (χ2v) is 6.33. The van der Waals surface area contributed by atoms with Crippen molar-refractivity contribution in [1.82, 2.24) is 0 Å². The molecule has 2 aromatic rings. The summed E-state index contributed by atoms with van der Waals surface area (Å²) in [6.07, 6.45) is 8.75. The maximum atomic E-state index is 11.7. The van der Waals surface area contributed by atoms with Crippen LogP contribution in [0.15, 0.2) is 46.9 Å². The summed E-state index contributed by atoms with van der Waals surface area (Å²) in [7, 11) is 1.52. The molecule has 0 saturated heterocycles. The number of aromatic carboxylic acids is 1. The average Bonchev–Trinajstić information content (AvgIpc) is 2.86. The molecule has 124 valence electrons. The van der Waals surface area contributed by atoms with Gasteiger partial charge < -0.3 is 14.3 Å². The van der Waals surface area contributed by atoms with E-state index >= 15 is 0 Å². The molecule has 1 aromatic heterocycles. The minimum atomic E-state index is -0.979. The van der Waals surface area contributed by atoms with Crippen molar-refractivity contribution in [3.05, 3.63) is 70.7 Å². The molecule has 1 heterocycles. The molecule has 0 fully saturated rings. The zero-order valence-electron chi connectivity index (χ0n) is 14.0. The molecule has 0 unspecified atom stereocenters. The van der Waals surface area contributed by atoms with Crippen molar-refractivity contribution in [3.63, 3.8) is 0 Å². The number of carboxylic acids is 1. The van der Waals surface area contributed by atoms with E-state index in [4.69, 9.17) is 9.15 Å². The number of hydrogen-bond acceptors (Lipinski definition) is 3. The first-order valence-corrected chi connectivity index (χ1v) is 7.81. The van der Waals surface area contributed by atoms with Crippen LogP contribution in [0.4, 0.5) is 0 Å². The van der Waals surface area contributed by atoms with E-state index in [1.165, 1.54) is 7.11 Å². The molecule has 0 bridgehead atoms. The quantitative estimate of drug-likeness (QED) is 0.903. The highest BCUT2D eigenvalue weighted by molar-refractivity contribution is 5.90. The molecule has 1 aliphatic carbocycles. The van der Waals surface area contributed by atoms with Gasteiger partial charge in [-0.25, -0.2) is 4.79 Å². The molecular weight excluding hydrogens is 304 g/mol. The normalized spacial score (nSPS) is 13.5. The van der Waals surface area contributed by atoms with Crippen LogP contribution in [0.3, 0.4) is 0 Å². The van der Waals surface area contributed by atoms with Crippen molar-refractivity contribution in [1.29, 1.82) is 0 Å². The lowest BCUT2D eigenvalue weighted by Gasteiger charge is -2.25. The van der Waals surface area contributed by atoms with Crippen LogP contribution in [0.1, 0.15) is 46.9 Å². The van der Waals surface area contributed by atoms with Crippen LogP contribution in [0.5, 0.6) is 5.75 Å². The van der Waals surface area contributed by atoms with Crippen LogP contribution in [-0.2, 0) is 11.8 Å². The first-order valence-electron chi connectivity index (χ1n) is 7.81. The van der Waals surface area contributed by atoms with Crippen molar-refractivity contribution in [2.45, 2.75) is 25.7 Å². The fourth-order valence-electron chi connectivity index (χ4n) is 2.97.